The van der Waals surface area contributed by atoms with Crippen LogP contribution in [0, 0.1) is 0 Å². The van der Waals surface area contributed by atoms with Crippen LogP contribution in [-0.4, -0.2) is 24.3 Å². The summed E-state index contributed by atoms with van der Waals surface area (Å²) in [7, 11) is 0. The molecule has 0 saturated carbocycles. The number of benzene rings is 1. The molecule has 0 spiro atoms. The number of rotatable bonds is 6. The van der Waals surface area contributed by atoms with Gasteiger partial charge in [0.1, 0.15) is 5.75 Å². The zero-order valence-corrected chi connectivity index (χ0v) is 14.5. The molecule has 1 aliphatic heterocycles. The second kappa shape index (κ2) is 7.97. The Morgan fingerprint density at radius 2 is 1.96 bits per heavy atom. The quantitative estimate of drug-likeness (QED) is 0.616. The van der Waals surface area contributed by atoms with E-state index in [1.54, 1.807) is 6.92 Å². The van der Waals surface area contributed by atoms with Crippen molar-refractivity contribution < 1.29 is 14.3 Å². The van der Waals surface area contributed by atoms with E-state index in [9.17, 15) is 4.79 Å². The molecule has 1 aliphatic rings. The molecule has 0 aromatic heterocycles. The summed E-state index contributed by atoms with van der Waals surface area (Å²) >= 11 is 5.21. The first-order chi connectivity index (χ1) is 11.1. The molecule has 1 atom stereocenters. The maximum absolute atomic E-state index is 12.3. The standard InChI is InChI=1S/C17H22N2O3S/c1-4-10-22-13-8-6-12(7-9-13)15-14(16(20)21-5-2)11(3)18-17(23)19-15/h6-9,15H,4-5,10H2,1-3H3,(H2,18,19,23). The molecule has 6 heteroatoms. The lowest BCUT2D eigenvalue weighted by molar-refractivity contribution is -0.139. The largest absolute Gasteiger partial charge is 0.494 e. The molecule has 0 aliphatic carbocycles. The third kappa shape index (κ3) is 4.22. The molecule has 2 rings (SSSR count). The molecular formula is C17H22N2O3S. The molecule has 2 N–H and O–H groups in total. The summed E-state index contributed by atoms with van der Waals surface area (Å²) in [6.45, 7) is 6.69. The fourth-order valence-electron chi connectivity index (χ4n) is 2.40. The van der Waals surface area contributed by atoms with Crippen molar-refractivity contribution in [3.05, 3.63) is 41.1 Å². The summed E-state index contributed by atoms with van der Waals surface area (Å²) in [5, 5.41) is 6.61. The molecule has 1 aromatic rings. The number of hydrogen-bond acceptors (Lipinski definition) is 4. The first-order valence-electron chi connectivity index (χ1n) is 7.75. The highest BCUT2D eigenvalue weighted by Crippen LogP contribution is 2.28. The molecule has 1 aromatic carbocycles. The maximum Gasteiger partial charge on any atom is 0.338 e. The number of carbonyl (C=O) groups excluding carboxylic acids is 1. The van der Waals surface area contributed by atoms with Crippen molar-refractivity contribution in [2.45, 2.75) is 33.2 Å². The van der Waals surface area contributed by atoms with Gasteiger partial charge in [-0.3, -0.25) is 0 Å². The number of allylic oxidation sites excluding steroid dienone is 1. The van der Waals surface area contributed by atoms with Gasteiger partial charge in [-0.15, -0.1) is 0 Å². The Balaban J connectivity index is 2.28. The SMILES string of the molecule is CCCOc1ccc(C2NC(=S)NC(C)=C2C(=O)OCC)cc1. The van der Waals surface area contributed by atoms with Crippen molar-refractivity contribution in [3.8, 4) is 5.75 Å². The van der Waals surface area contributed by atoms with Crippen LogP contribution >= 0.6 is 12.2 Å². The molecule has 0 fully saturated rings. The average Bonchev–Trinajstić information content (AvgIpc) is 2.52. The summed E-state index contributed by atoms with van der Waals surface area (Å²) in [5.41, 5.74) is 2.19. The van der Waals surface area contributed by atoms with Crippen LogP contribution in [-0.2, 0) is 9.53 Å². The van der Waals surface area contributed by atoms with Gasteiger partial charge in [0.15, 0.2) is 5.11 Å². The molecule has 1 unspecified atom stereocenters. The Morgan fingerprint density at radius 3 is 2.57 bits per heavy atom. The Kier molecular flexibility index (Phi) is 5.98. The highest BCUT2D eigenvalue weighted by Gasteiger charge is 2.30. The van der Waals surface area contributed by atoms with Crippen molar-refractivity contribution in [3.63, 3.8) is 0 Å². The van der Waals surface area contributed by atoms with E-state index in [1.165, 1.54) is 0 Å². The van der Waals surface area contributed by atoms with Gasteiger partial charge in [-0.25, -0.2) is 4.79 Å². The third-order valence-electron chi connectivity index (χ3n) is 3.45. The highest BCUT2D eigenvalue weighted by atomic mass is 32.1. The maximum atomic E-state index is 12.3. The van der Waals surface area contributed by atoms with Crippen molar-refractivity contribution >= 4 is 23.3 Å². The summed E-state index contributed by atoms with van der Waals surface area (Å²) in [5.74, 6) is 0.467. The van der Waals surface area contributed by atoms with Crippen molar-refractivity contribution in [1.29, 1.82) is 0 Å². The van der Waals surface area contributed by atoms with E-state index in [2.05, 4.69) is 17.6 Å². The number of nitrogens with one attached hydrogen (secondary N) is 2. The van der Waals surface area contributed by atoms with Gasteiger partial charge in [-0.1, -0.05) is 19.1 Å². The van der Waals surface area contributed by atoms with Crippen LogP contribution in [0.4, 0.5) is 0 Å². The smallest absolute Gasteiger partial charge is 0.338 e. The minimum atomic E-state index is -0.344. The lowest BCUT2D eigenvalue weighted by Gasteiger charge is -2.29. The minimum Gasteiger partial charge on any atom is -0.494 e. The lowest BCUT2D eigenvalue weighted by Crippen LogP contribution is -2.45. The van der Waals surface area contributed by atoms with Crippen LogP contribution < -0.4 is 15.4 Å². The van der Waals surface area contributed by atoms with Crippen molar-refractivity contribution in [2.24, 2.45) is 0 Å². The summed E-state index contributed by atoms with van der Waals surface area (Å²) in [6.07, 6.45) is 0.959. The summed E-state index contributed by atoms with van der Waals surface area (Å²) in [4.78, 5) is 12.3. The molecule has 0 amide bonds. The second-order valence-corrected chi connectivity index (χ2v) is 5.62. The monoisotopic (exact) mass is 334 g/mol. The second-order valence-electron chi connectivity index (χ2n) is 5.21. The zero-order valence-electron chi connectivity index (χ0n) is 13.6. The van der Waals surface area contributed by atoms with E-state index in [1.807, 2.05) is 31.2 Å². The topological polar surface area (TPSA) is 59.6 Å². The van der Waals surface area contributed by atoms with E-state index in [-0.39, 0.29) is 12.0 Å². The normalized spacial score (nSPS) is 17.3. The third-order valence-corrected chi connectivity index (χ3v) is 3.67. The Bertz CT molecular complexity index is 611. The number of thiocarbonyl (C=S) groups is 1. The first kappa shape index (κ1) is 17.3. The molecular weight excluding hydrogens is 312 g/mol. The van der Waals surface area contributed by atoms with Gasteiger partial charge in [-0.2, -0.15) is 0 Å². The molecule has 5 nitrogen and oxygen atoms in total. The Labute approximate surface area is 142 Å². The number of esters is 1. The number of carbonyl (C=O) groups is 1. The van der Waals surface area contributed by atoms with Crippen molar-refractivity contribution in [2.75, 3.05) is 13.2 Å². The van der Waals surface area contributed by atoms with Crippen LogP contribution in [0.3, 0.4) is 0 Å². The van der Waals surface area contributed by atoms with Gasteiger partial charge in [0.25, 0.3) is 0 Å². The molecule has 1 heterocycles. The Hall–Kier alpha value is -2.08. The average molecular weight is 334 g/mol. The number of hydrogen-bond donors (Lipinski definition) is 2. The molecule has 0 radical (unpaired) electrons. The fourth-order valence-corrected chi connectivity index (χ4v) is 2.67. The zero-order chi connectivity index (χ0) is 16.8. The predicted octanol–water partition coefficient (Wildman–Crippen LogP) is 2.83. The van der Waals surface area contributed by atoms with Gasteiger partial charge in [0.2, 0.25) is 0 Å². The molecule has 23 heavy (non-hydrogen) atoms. The lowest BCUT2D eigenvalue weighted by atomic mass is 9.95. The summed E-state index contributed by atoms with van der Waals surface area (Å²) < 4.78 is 10.8. The fraction of sp³-hybridized carbons (Fsp3) is 0.412. The first-order valence-corrected chi connectivity index (χ1v) is 8.15. The van der Waals surface area contributed by atoms with Gasteiger partial charge < -0.3 is 20.1 Å². The van der Waals surface area contributed by atoms with Gasteiger partial charge in [-0.05, 0) is 50.2 Å². The number of ether oxygens (including phenoxy) is 2. The van der Waals surface area contributed by atoms with Crippen LogP contribution in [0.25, 0.3) is 0 Å². The molecule has 124 valence electrons. The van der Waals surface area contributed by atoms with E-state index < -0.39 is 0 Å². The van der Waals surface area contributed by atoms with Crippen LogP contribution in [0.5, 0.6) is 5.75 Å². The van der Waals surface area contributed by atoms with Gasteiger partial charge in [0, 0.05) is 5.70 Å². The van der Waals surface area contributed by atoms with Crippen molar-refractivity contribution in [1.82, 2.24) is 10.6 Å². The van der Waals surface area contributed by atoms with Gasteiger partial charge >= 0.3 is 5.97 Å². The molecule has 0 bridgehead atoms. The minimum absolute atomic E-state index is 0.330. The van der Waals surface area contributed by atoms with Crippen LogP contribution in [0.1, 0.15) is 38.8 Å². The van der Waals surface area contributed by atoms with E-state index >= 15 is 0 Å². The van der Waals surface area contributed by atoms with E-state index in [0.717, 1.165) is 17.7 Å². The van der Waals surface area contributed by atoms with Gasteiger partial charge in [0.05, 0.1) is 24.8 Å². The molecule has 0 saturated heterocycles. The Morgan fingerprint density at radius 1 is 1.26 bits per heavy atom. The van der Waals surface area contributed by atoms with E-state index in [0.29, 0.717) is 29.6 Å². The van der Waals surface area contributed by atoms with Crippen LogP contribution in [0.2, 0.25) is 0 Å². The predicted molar refractivity (Wildman–Crippen MR) is 93.2 cm³/mol. The van der Waals surface area contributed by atoms with Crippen LogP contribution in [0.15, 0.2) is 35.5 Å². The summed E-state index contributed by atoms with van der Waals surface area (Å²) in [6, 6.07) is 7.33. The van der Waals surface area contributed by atoms with E-state index in [4.69, 9.17) is 21.7 Å². The highest BCUT2D eigenvalue weighted by molar-refractivity contribution is 7.80.